The lowest BCUT2D eigenvalue weighted by molar-refractivity contribution is -0.0165. The van der Waals surface area contributed by atoms with Crippen molar-refractivity contribution in [3.05, 3.63) is 35.4 Å². The first kappa shape index (κ1) is 16.3. The van der Waals surface area contributed by atoms with Crippen LogP contribution in [0.1, 0.15) is 22.3 Å². The zero-order valence-electron chi connectivity index (χ0n) is 12.5. The fourth-order valence-corrected chi connectivity index (χ4v) is 2.34. The predicted octanol–water partition coefficient (Wildman–Crippen LogP) is 0.0447. The third-order valence-electron chi connectivity index (χ3n) is 3.60. The molecule has 1 heterocycles. The number of rotatable bonds is 5. The number of primary amides is 1. The van der Waals surface area contributed by atoms with Gasteiger partial charge in [-0.1, -0.05) is 12.1 Å². The van der Waals surface area contributed by atoms with E-state index in [0.29, 0.717) is 38.3 Å². The van der Waals surface area contributed by atoms with Gasteiger partial charge < -0.3 is 26.4 Å². The Kier molecular flexibility index (Phi) is 5.74. The number of hydrogen-bond acceptors (Lipinski definition) is 4. The van der Waals surface area contributed by atoms with E-state index in [9.17, 15) is 9.59 Å². The molecule has 22 heavy (non-hydrogen) atoms. The van der Waals surface area contributed by atoms with Gasteiger partial charge in [-0.2, -0.15) is 0 Å². The Morgan fingerprint density at radius 2 is 2.05 bits per heavy atom. The van der Waals surface area contributed by atoms with Gasteiger partial charge in [-0.3, -0.25) is 4.79 Å². The van der Waals surface area contributed by atoms with Crippen molar-refractivity contribution in [2.24, 2.45) is 11.5 Å². The lowest BCUT2D eigenvalue weighted by Gasteiger charge is -2.32. The maximum atomic E-state index is 12.2. The summed E-state index contributed by atoms with van der Waals surface area (Å²) in [5, 5.41) is 2.86. The summed E-state index contributed by atoms with van der Waals surface area (Å²) in [6.45, 7) is 2.62. The highest BCUT2D eigenvalue weighted by molar-refractivity contribution is 5.92. The molecule has 2 rings (SSSR count). The number of nitrogens with zero attached hydrogens (tertiary/aromatic N) is 1. The van der Waals surface area contributed by atoms with Crippen LogP contribution in [0.15, 0.2) is 24.3 Å². The monoisotopic (exact) mass is 306 g/mol. The average Bonchev–Trinajstić information content (AvgIpc) is 2.53. The molecule has 0 unspecified atom stereocenters. The molecule has 0 bridgehead atoms. The molecule has 1 aliphatic rings. The molecule has 0 aliphatic carbocycles. The Morgan fingerprint density at radius 3 is 2.68 bits per heavy atom. The highest BCUT2D eigenvalue weighted by atomic mass is 16.5. The van der Waals surface area contributed by atoms with E-state index in [4.69, 9.17) is 16.2 Å². The van der Waals surface area contributed by atoms with Gasteiger partial charge in [-0.15, -0.1) is 0 Å². The summed E-state index contributed by atoms with van der Waals surface area (Å²) in [5.41, 5.74) is 12.1. The Labute approximate surface area is 129 Å². The summed E-state index contributed by atoms with van der Waals surface area (Å²) in [6.07, 6.45) is 0.762. The van der Waals surface area contributed by atoms with E-state index in [2.05, 4.69) is 5.32 Å². The fraction of sp³-hybridized carbons (Fsp3) is 0.467. The van der Waals surface area contributed by atoms with Gasteiger partial charge >= 0.3 is 6.03 Å². The molecule has 3 amide bonds. The number of amides is 3. The molecule has 1 fully saturated rings. The van der Waals surface area contributed by atoms with E-state index in [1.54, 1.807) is 29.2 Å². The lowest BCUT2D eigenvalue weighted by Crippen LogP contribution is -2.49. The molecular weight excluding hydrogens is 284 g/mol. The minimum absolute atomic E-state index is 0.0133. The zero-order chi connectivity index (χ0) is 15.9. The minimum Gasteiger partial charge on any atom is -0.374 e. The van der Waals surface area contributed by atoms with Gasteiger partial charge in [0.25, 0.3) is 0 Å². The fourth-order valence-electron chi connectivity index (χ4n) is 2.34. The Morgan fingerprint density at radius 1 is 1.32 bits per heavy atom. The lowest BCUT2D eigenvalue weighted by atomic mass is 10.1. The number of carbonyl (C=O) groups excluding carboxylic acids is 2. The first-order chi connectivity index (χ1) is 10.6. The van der Waals surface area contributed by atoms with Gasteiger partial charge in [0.15, 0.2) is 0 Å². The van der Waals surface area contributed by atoms with Crippen LogP contribution in [0.25, 0.3) is 0 Å². The molecule has 1 atom stereocenters. The van der Waals surface area contributed by atoms with E-state index in [1.807, 2.05) is 0 Å². The standard InChI is InChI=1S/C15H22N4O3/c16-6-5-13-10-19(7-8-22-13)15(21)18-9-11-1-3-12(4-2-11)14(17)20/h1-4,13H,5-10,16H2,(H2,17,20)(H,18,21)/t13-/m0/s1. The second kappa shape index (κ2) is 7.77. The molecule has 5 N–H and O–H groups in total. The number of morpholine rings is 1. The molecule has 7 nitrogen and oxygen atoms in total. The summed E-state index contributed by atoms with van der Waals surface area (Å²) >= 11 is 0. The number of hydrogen-bond donors (Lipinski definition) is 3. The average molecular weight is 306 g/mol. The summed E-state index contributed by atoms with van der Waals surface area (Å²) in [6, 6.07) is 6.73. The molecule has 0 radical (unpaired) electrons. The van der Waals surface area contributed by atoms with Crippen LogP contribution < -0.4 is 16.8 Å². The van der Waals surface area contributed by atoms with Crippen molar-refractivity contribution in [2.45, 2.75) is 19.1 Å². The van der Waals surface area contributed by atoms with Crippen molar-refractivity contribution in [2.75, 3.05) is 26.2 Å². The number of urea groups is 1. The highest BCUT2D eigenvalue weighted by Gasteiger charge is 2.23. The highest BCUT2D eigenvalue weighted by Crippen LogP contribution is 2.09. The van der Waals surface area contributed by atoms with Gasteiger partial charge in [0.1, 0.15) is 0 Å². The van der Waals surface area contributed by atoms with Crippen LogP contribution in [0.2, 0.25) is 0 Å². The van der Waals surface area contributed by atoms with Crippen molar-refractivity contribution in [1.82, 2.24) is 10.2 Å². The molecule has 0 spiro atoms. The van der Waals surface area contributed by atoms with Crippen LogP contribution in [-0.4, -0.2) is 49.2 Å². The Hall–Kier alpha value is -2.12. The summed E-state index contributed by atoms with van der Waals surface area (Å²) in [5.74, 6) is -0.463. The SMILES string of the molecule is NCC[C@H]1CN(C(=O)NCc2ccc(C(N)=O)cc2)CCO1. The predicted molar refractivity (Wildman–Crippen MR) is 82.2 cm³/mol. The van der Waals surface area contributed by atoms with Crippen molar-refractivity contribution < 1.29 is 14.3 Å². The number of nitrogens with one attached hydrogen (secondary N) is 1. The second-order valence-electron chi connectivity index (χ2n) is 5.24. The molecule has 0 aromatic heterocycles. The third-order valence-corrected chi connectivity index (χ3v) is 3.60. The van der Waals surface area contributed by atoms with Crippen LogP contribution in [0.5, 0.6) is 0 Å². The van der Waals surface area contributed by atoms with Gasteiger partial charge in [-0.05, 0) is 30.7 Å². The van der Waals surface area contributed by atoms with Crippen molar-refractivity contribution in [3.63, 3.8) is 0 Å². The van der Waals surface area contributed by atoms with Gasteiger partial charge in [0.2, 0.25) is 5.91 Å². The molecule has 120 valence electrons. The van der Waals surface area contributed by atoms with Gasteiger partial charge in [-0.25, -0.2) is 4.79 Å². The first-order valence-electron chi connectivity index (χ1n) is 7.33. The van der Waals surface area contributed by atoms with Crippen molar-refractivity contribution >= 4 is 11.9 Å². The van der Waals surface area contributed by atoms with E-state index < -0.39 is 5.91 Å². The maximum absolute atomic E-state index is 12.2. The number of ether oxygens (including phenoxy) is 1. The molecule has 1 aromatic carbocycles. The quantitative estimate of drug-likeness (QED) is 0.713. The van der Waals surface area contributed by atoms with E-state index >= 15 is 0 Å². The summed E-state index contributed by atoms with van der Waals surface area (Å²) in [4.78, 5) is 24.9. The zero-order valence-corrected chi connectivity index (χ0v) is 12.5. The molecular formula is C15H22N4O3. The van der Waals surface area contributed by atoms with Crippen LogP contribution in [-0.2, 0) is 11.3 Å². The topological polar surface area (TPSA) is 111 Å². The van der Waals surface area contributed by atoms with E-state index in [1.165, 1.54) is 0 Å². The third kappa shape index (κ3) is 4.44. The normalized spacial score (nSPS) is 18.0. The first-order valence-corrected chi connectivity index (χ1v) is 7.33. The van der Waals surface area contributed by atoms with E-state index in [0.717, 1.165) is 12.0 Å². The van der Waals surface area contributed by atoms with E-state index in [-0.39, 0.29) is 12.1 Å². The molecule has 1 saturated heterocycles. The van der Waals surface area contributed by atoms with Crippen molar-refractivity contribution in [3.8, 4) is 0 Å². The summed E-state index contributed by atoms with van der Waals surface area (Å²) < 4.78 is 5.55. The van der Waals surface area contributed by atoms with Gasteiger partial charge in [0.05, 0.1) is 12.7 Å². The van der Waals surface area contributed by atoms with Crippen LogP contribution in [0.4, 0.5) is 4.79 Å². The minimum atomic E-state index is -0.463. The van der Waals surface area contributed by atoms with Crippen LogP contribution >= 0.6 is 0 Å². The Bertz CT molecular complexity index is 516. The largest absolute Gasteiger partial charge is 0.374 e. The maximum Gasteiger partial charge on any atom is 0.317 e. The molecule has 1 aliphatic heterocycles. The number of carbonyl (C=O) groups is 2. The molecule has 7 heteroatoms. The smallest absolute Gasteiger partial charge is 0.317 e. The number of benzene rings is 1. The second-order valence-corrected chi connectivity index (χ2v) is 5.24. The Balaban J connectivity index is 1.83. The molecule has 1 aromatic rings. The van der Waals surface area contributed by atoms with Crippen LogP contribution in [0, 0.1) is 0 Å². The van der Waals surface area contributed by atoms with Crippen LogP contribution in [0.3, 0.4) is 0 Å². The number of nitrogens with two attached hydrogens (primary N) is 2. The molecule has 0 saturated carbocycles. The summed E-state index contributed by atoms with van der Waals surface area (Å²) in [7, 11) is 0. The van der Waals surface area contributed by atoms with Crippen molar-refractivity contribution in [1.29, 1.82) is 0 Å². The van der Waals surface area contributed by atoms with Gasteiger partial charge in [0, 0.05) is 25.2 Å².